The van der Waals surface area contributed by atoms with E-state index in [9.17, 15) is 9.59 Å². The zero-order valence-corrected chi connectivity index (χ0v) is 11.4. The van der Waals surface area contributed by atoms with Gasteiger partial charge >= 0.3 is 5.97 Å². The number of hydrogen-bond acceptors (Lipinski definition) is 5. The van der Waals surface area contributed by atoms with Crippen molar-refractivity contribution in [1.29, 1.82) is 0 Å². The van der Waals surface area contributed by atoms with Crippen molar-refractivity contribution in [2.75, 3.05) is 11.1 Å². The van der Waals surface area contributed by atoms with Crippen LogP contribution >= 0.6 is 11.8 Å². The van der Waals surface area contributed by atoms with Gasteiger partial charge in [-0.3, -0.25) is 4.79 Å². The molecule has 1 aromatic carbocycles. The van der Waals surface area contributed by atoms with E-state index in [1.807, 2.05) is 0 Å². The zero-order valence-electron chi connectivity index (χ0n) is 10.6. The Hall–Kier alpha value is -2.28. The van der Waals surface area contributed by atoms with Crippen LogP contribution in [0.2, 0.25) is 0 Å². The summed E-state index contributed by atoms with van der Waals surface area (Å²) >= 11 is 1.25. The summed E-state index contributed by atoms with van der Waals surface area (Å²) < 4.78 is 4.83. The monoisotopic (exact) mass is 292 g/mol. The average molecular weight is 292 g/mol. The number of aryl methyl sites for hydroxylation is 1. The molecule has 0 fully saturated rings. The van der Waals surface area contributed by atoms with Crippen molar-refractivity contribution in [3.8, 4) is 0 Å². The molecule has 20 heavy (non-hydrogen) atoms. The van der Waals surface area contributed by atoms with E-state index >= 15 is 0 Å². The Kier molecular flexibility index (Phi) is 4.41. The fourth-order valence-corrected chi connectivity index (χ4v) is 2.23. The first-order chi connectivity index (χ1) is 9.54. The highest BCUT2D eigenvalue weighted by molar-refractivity contribution is 8.00. The number of hydrogen-bond donors (Lipinski definition) is 2. The zero-order chi connectivity index (χ0) is 14.5. The van der Waals surface area contributed by atoms with E-state index in [1.54, 1.807) is 25.1 Å². The maximum atomic E-state index is 11.7. The molecular formula is C13H12N2O4S. The Labute approximate surface area is 119 Å². The Morgan fingerprint density at radius 1 is 1.40 bits per heavy atom. The highest BCUT2D eigenvalue weighted by atomic mass is 32.2. The van der Waals surface area contributed by atoms with Gasteiger partial charge in [-0.05, 0) is 25.1 Å². The number of rotatable bonds is 5. The molecule has 1 amide bonds. The predicted octanol–water partition coefficient (Wildman–Crippen LogP) is 2.41. The van der Waals surface area contributed by atoms with Crippen LogP contribution in [0.5, 0.6) is 0 Å². The molecule has 2 rings (SSSR count). The van der Waals surface area contributed by atoms with E-state index < -0.39 is 5.97 Å². The minimum absolute atomic E-state index is 0.162. The summed E-state index contributed by atoms with van der Waals surface area (Å²) in [5, 5.41) is 15.1. The number of carboxylic acid groups (broad SMARTS) is 1. The van der Waals surface area contributed by atoms with Crippen LogP contribution in [-0.2, 0) is 4.79 Å². The molecule has 104 valence electrons. The second-order valence-corrected chi connectivity index (χ2v) is 5.04. The molecule has 0 aliphatic carbocycles. The molecule has 0 aliphatic rings. The number of amides is 1. The summed E-state index contributed by atoms with van der Waals surface area (Å²) in [6.07, 6.45) is 0. The number of aromatic carboxylic acids is 1. The van der Waals surface area contributed by atoms with E-state index in [0.717, 1.165) is 4.90 Å². The van der Waals surface area contributed by atoms with E-state index in [0.29, 0.717) is 11.6 Å². The molecule has 2 N–H and O–H groups in total. The Balaban J connectivity index is 1.90. The van der Waals surface area contributed by atoms with E-state index in [4.69, 9.17) is 9.63 Å². The predicted molar refractivity (Wildman–Crippen MR) is 74.0 cm³/mol. The molecule has 0 spiro atoms. The molecule has 2 aromatic rings. The van der Waals surface area contributed by atoms with Gasteiger partial charge in [0.1, 0.15) is 5.76 Å². The number of nitrogens with one attached hydrogen (secondary N) is 1. The number of aromatic nitrogens is 1. The van der Waals surface area contributed by atoms with Crippen molar-refractivity contribution >= 4 is 29.5 Å². The third-order valence-electron chi connectivity index (χ3n) is 2.35. The number of carbonyl (C=O) groups excluding carboxylic acids is 1. The van der Waals surface area contributed by atoms with Gasteiger partial charge in [-0.2, -0.15) is 0 Å². The van der Waals surface area contributed by atoms with E-state index in [2.05, 4.69) is 10.5 Å². The summed E-state index contributed by atoms with van der Waals surface area (Å²) in [6.45, 7) is 1.73. The lowest BCUT2D eigenvalue weighted by molar-refractivity contribution is -0.113. The molecule has 1 aromatic heterocycles. The van der Waals surface area contributed by atoms with Crippen LogP contribution < -0.4 is 5.32 Å². The maximum Gasteiger partial charge on any atom is 0.335 e. The number of nitrogens with zero attached hydrogens (tertiary/aromatic N) is 1. The molecule has 0 saturated heterocycles. The second-order valence-electron chi connectivity index (χ2n) is 3.99. The number of thioether (sulfide) groups is 1. The summed E-state index contributed by atoms with van der Waals surface area (Å²) in [5.74, 6) is -0.0804. The van der Waals surface area contributed by atoms with Crippen molar-refractivity contribution in [2.45, 2.75) is 11.8 Å². The van der Waals surface area contributed by atoms with Crippen LogP contribution in [0.3, 0.4) is 0 Å². The molecule has 6 nitrogen and oxygen atoms in total. The minimum Gasteiger partial charge on any atom is -0.478 e. The van der Waals surface area contributed by atoms with E-state index in [1.165, 1.54) is 23.9 Å². The van der Waals surface area contributed by atoms with Crippen LogP contribution in [0, 0.1) is 6.92 Å². The highest BCUT2D eigenvalue weighted by Crippen LogP contribution is 2.19. The number of carbonyl (C=O) groups is 2. The summed E-state index contributed by atoms with van der Waals surface area (Å²) in [6, 6.07) is 8.05. The van der Waals surface area contributed by atoms with Gasteiger partial charge < -0.3 is 14.9 Å². The Morgan fingerprint density at radius 3 is 2.85 bits per heavy atom. The van der Waals surface area contributed by atoms with Crippen LogP contribution in [0.25, 0.3) is 0 Å². The maximum absolute atomic E-state index is 11.7. The fourth-order valence-electron chi connectivity index (χ4n) is 1.47. The molecule has 0 radical (unpaired) electrons. The topological polar surface area (TPSA) is 92.4 Å². The van der Waals surface area contributed by atoms with Crippen LogP contribution in [0.15, 0.2) is 39.8 Å². The van der Waals surface area contributed by atoms with Crippen LogP contribution in [0.1, 0.15) is 16.1 Å². The van der Waals surface area contributed by atoms with Crippen LogP contribution in [-0.4, -0.2) is 27.9 Å². The summed E-state index contributed by atoms with van der Waals surface area (Å²) in [5.41, 5.74) is 0.197. The lowest BCUT2D eigenvalue weighted by Crippen LogP contribution is -2.14. The van der Waals surface area contributed by atoms with Gasteiger partial charge in [-0.25, -0.2) is 4.79 Å². The normalized spacial score (nSPS) is 10.2. The second kappa shape index (κ2) is 6.25. The van der Waals surface area contributed by atoms with Crippen molar-refractivity contribution in [3.63, 3.8) is 0 Å². The highest BCUT2D eigenvalue weighted by Gasteiger charge is 2.08. The van der Waals surface area contributed by atoms with Crippen molar-refractivity contribution in [2.24, 2.45) is 0 Å². The van der Waals surface area contributed by atoms with Crippen molar-refractivity contribution < 1.29 is 19.2 Å². The molecular weight excluding hydrogens is 280 g/mol. The molecule has 0 aliphatic heterocycles. The minimum atomic E-state index is -0.991. The number of carboxylic acids is 1. The SMILES string of the molecule is Cc1cc(NC(=O)CSc2cccc(C(=O)O)c2)no1. The lowest BCUT2D eigenvalue weighted by atomic mass is 10.2. The number of anilines is 1. The van der Waals surface area contributed by atoms with Gasteiger partial charge in [0.05, 0.1) is 11.3 Å². The molecule has 7 heteroatoms. The number of benzene rings is 1. The smallest absolute Gasteiger partial charge is 0.335 e. The van der Waals surface area contributed by atoms with Gasteiger partial charge in [0.15, 0.2) is 5.82 Å². The standard InChI is InChI=1S/C13H12N2O4S/c1-8-5-11(15-19-8)14-12(16)7-20-10-4-2-3-9(6-10)13(17)18/h2-6H,7H2,1H3,(H,17,18)(H,14,15,16). The first-order valence-electron chi connectivity index (χ1n) is 5.74. The van der Waals surface area contributed by atoms with Gasteiger partial charge in [0.25, 0.3) is 0 Å². The van der Waals surface area contributed by atoms with Crippen LogP contribution in [0.4, 0.5) is 5.82 Å². The molecule has 0 atom stereocenters. The summed E-state index contributed by atoms with van der Waals surface area (Å²) in [7, 11) is 0. The molecule has 0 bridgehead atoms. The van der Waals surface area contributed by atoms with Crippen molar-refractivity contribution in [1.82, 2.24) is 5.16 Å². The van der Waals surface area contributed by atoms with E-state index in [-0.39, 0.29) is 17.2 Å². The van der Waals surface area contributed by atoms with Gasteiger partial charge in [0, 0.05) is 11.0 Å². The molecule has 0 saturated carbocycles. The third-order valence-corrected chi connectivity index (χ3v) is 3.34. The Morgan fingerprint density at radius 2 is 2.20 bits per heavy atom. The molecule has 0 unspecified atom stereocenters. The van der Waals surface area contributed by atoms with Gasteiger partial charge in [0.2, 0.25) is 5.91 Å². The quantitative estimate of drug-likeness (QED) is 0.822. The van der Waals surface area contributed by atoms with Crippen molar-refractivity contribution in [3.05, 3.63) is 41.7 Å². The van der Waals surface area contributed by atoms with Gasteiger partial charge in [-0.15, -0.1) is 11.8 Å². The van der Waals surface area contributed by atoms with Gasteiger partial charge in [-0.1, -0.05) is 11.2 Å². The fraction of sp³-hybridized carbons (Fsp3) is 0.154. The largest absolute Gasteiger partial charge is 0.478 e. The average Bonchev–Trinajstić information content (AvgIpc) is 2.82. The third kappa shape index (κ3) is 3.86. The summed E-state index contributed by atoms with van der Waals surface area (Å²) in [4.78, 5) is 23.2. The first kappa shape index (κ1) is 14.1. The lowest BCUT2D eigenvalue weighted by Gasteiger charge is -2.03. The molecule has 1 heterocycles. The first-order valence-corrected chi connectivity index (χ1v) is 6.72. The Bertz CT molecular complexity index is 639.